The normalized spacial score (nSPS) is 40.1. The Hall–Kier alpha value is -0.815. The molecular weight excluding hydrogens is 265 g/mol. The molecule has 2 fully saturated rings. The van der Waals surface area contributed by atoms with Crippen molar-refractivity contribution < 1.29 is 23.3 Å². The van der Waals surface area contributed by atoms with Gasteiger partial charge in [0.15, 0.2) is 0 Å². The Balaban J connectivity index is 2.51. The van der Waals surface area contributed by atoms with Gasteiger partial charge < -0.3 is 13.7 Å². The van der Waals surface area contributed by atoms with E-state index in [0.717, 1.165) is 5.47 Å². The predicted octanol–water partition coefficient (Wildman–Crippen LogP) is 0.323. The lowest BCUT2D eigenvalue weighted by Crippen LogP contribution is -2.61. The third-order valence-electron chi connectivity index (χ3n) is 3.13. The maximum Gasteiger partial charge on any atom is 0.610 e. The number of carbonyl (C=O) groups is 2. The number of rotatable bonds is 1. The highest BCUT2D eigenvalue weighted by molar-refractivity contribution is 9.11. The molecule has 0 aromatic rings. The van der Waals surface area contributed by atoms with Gasteiger partial charge in [0.25, 0.3) is 0 Å². The van der Waals surface area contributed by atoms with Gasteiger partial charge in [-0.15, -0.1) is 0 Å². The lowest BCUT2D eigenvalue weighted by Gasteiger charge is -2.40. The van der Waals surface area contributed by atoms with Crippen LogP contribution in [0.4, 0.5) is 0 Å². The molecule has 0 radical (unpaired) electrons. The van der Waals surface area contributed by atoms with Gasteiger partial charge in [-0.2, -0.15) is 0 Å². The third-order valence-corrected chi connectivity index (χ3v) is 3.85. The first-order valence-corrected chi connectivity index (χ1v) is 5.54. The van der Waals surface area contributed by atoms with Crippen molar-refractivity contribution in [3.63, 3.8) is 0 Å². The van der Waals surface area contributed by atoms with E-state index in [-0.39, 0.29) is 29.4 Å². The van der Waals surface area contributed by atoms with E-state index in [1.54, 1.807) is 19.0 Å². The van der Waals surface area contributed by atoms with E-state index in [2.05, 4.69) is 15.9 Å². The van der Waals surface area contributed by atoms with Crippen molar-refractivity contribution in [2.45, 2.75) is 6.92 Å². The fourth-order valence-electron chi connectivity index (χ4n) is 2.35. The first-order valence-electron chi connectivity index (χ1n) is 4.63. The maximum atomic E-state index is 11.3. The fourth-order valence-corrected chi connectivity index (χ4v) is 2.69. The molecule has 0 unspecified atom stereocenters. The topological polar surface area (TPSA) is 52.6 Å². The lowest BCUT2D eigenvalue weighted by atomic mass is 9.62. The van der Waals surface area contributed by atoms with Gasteiger partial charge in [0.05, 0.1) is 0 Å². The zero-order valence-corrected chi connectivity index (χ0v) is 10.1. The van der Waals surface area contributed by atoms with Crippen LogP contribution in [0.15, 0.2) is 10.5 Å². The summed E-state index contributed by atoms with van der Waals surface area (Å²) < 4.78 is 10.7. The highest BCUT2D eigenvalue weighted by Crippen LogP contribution is 2.38. The van der Waals surface area contributed by atoms with Crippen LogP contribution in [0.5, 0.6) is 0 Å². The quantitative estimate of drug-likeness (QED) is 0.647. The van der Waals surface area contributed by atoms with Crippen molar-refractivity contribution in [2.75, 3.05) is 20.1 Å². The highest BCUT2D eigenvalue weighted by Gasteiger charge is 2.65. The molecule has 2 heterocycles. The van der Waals surface area contributed by atoms with Gasteiger partial charge in [0, 0.05) is 7.05 Å². The Kier molecular flexibility index (Phi) is 2.20. The first-order chi connectivity index (χ1) is 6.93. The van der Waals surface area contributed by atoms with Crippen molar-refractivity contribution in [3.05, 3.63) is 10.5 Å². The number of nitrogens with zero attached hydrogens (tertiary/aromatic N) is 1. The molecule has 2 saturated heterocycles. The summed E-state index contributed by atoms with van der Waals surface area (Å²) in [5, 5.41) is 0. The molecule has 0 amide bonds. The van der Waals surface area contributed by atoms with Gasteiger partial charge in [-0.05, 0) is 4.99 Å². The minimum absolute atomic E-state index is 0.184. The van der Waals surface area contributed by atoms with Crippen molar-refractivity contribution >= 4 is 34.6 Å². The van der Waals surface area contributed by atoms with Crippen LogP contribution in [0.1, 0.15) is 6.92 Å². The predicted molar refractivity (Wildman–Crippen MR) is 56.5 cm³/mol. The third kappa shape index (κ3) is 1.26. The number of quaternary nitrogens is 1. The maximum absolute atomic E-state index is 11.3. The Morgan fingerprint density at radius 3 is 2.27 bits per heavy atom. The summed E-state index contributed by atoms with van der Waals surface area (Å²) in [5.41, 5.74) is 0.731. The highest BCUT2D eigenvalue weighted by atomic mass is 79.9. The molecule has 0 aliphatic carbocycles. The molecular formula is C8H11BBrNO4. The second kappa shape index (κ2) is 3.09. The number of halogens is 1. The molecule has 0 aromatic heterocycles. The molecule has 15 heavy (non-hydrogen) atoms. The smallest absolute Gasteiger partial charge is 0.596 e. The standard InChI is InChI=1S/C8H11BBrNO4/c1-6(3-10)9-11(2,4-7(12)14-9)5-8(13)15-9/h3H,4-5H2,1-2H3/b6-3+. The molecule has 2 aliphatic rings. The van der Waals surface area contributed by atoms with E-state index in [4.69, 9.17) is 9.31 Å². The average Bonchev–Trinajstić information content (AvgIpc) is 2.48. The Morgan fingerprint density at radius 1 is 1.40 bits per heavy atom. The van der Waals surface area contributed by atoms with Crippen LogP contribution < -0.4 is 0 Å². The van der Waals surface area contributed by atoms with E-state index in [9.17, 15) is 9.59 Å². The summed E-state index contributed by atoms with van der Waals surface area (Å²) in [7, 11) is 1.80. The largest absolute Gasteiger partial charge is 0.610 e. The minimum Gasteiger partial charge on any atom is -0.596 e. The Labute approximate surface area is 95.7 Å². The zero-order chi connectivity index (χ0) is 11.3. The Bertz CT molecular complexity index is 361. The van der Waals surface area contributed by atoms with Gasteiger partial charge in [-0.25, -0.2) is 0 Å². The number of hydrogen-bond donors (Lipinski definition) is 0. The number of hydrogen-bond acceptors (Lipinski definition) is 4. The minimum atomic E-state index is -1.99. The van der Waals surface area contributed by atoms with Crippen molar-refractivity contribution in [3.8, 4) is 0 Å². The summed E-state index contributed by atoms with van der Waals surface area (Å²) in [4.78, 5) is 24.3. The van der Waals surface area contributed by atoms with Crippen LogP contribution in [-0.2, 0) is 18.9 Å². The van der Waals surface area contributed by atoms with Crippen LogP contribution in [0.25, 0.3) is 0 Å². The molecule has 0 N–H and O–H groups in total. The number of carbonyl (C=O) groups excluding carboxylic acids is 2. The van der Waals surface area contributed by atoms with Gasteiger partial charge in [0.2, 0.25) is 0 Å². The van der Waals surface area contributed by atoms with Crippen LogP contribution in [-0.4, -0.2) is 43.2 Å². The van der Waals surface area contributed by atoms with Crippen molar-refractivity contribution in [1.82, 2.24) is 0 Å². The molecule has 7 heteroatoms. The second-order valence-electron chi connectivity index (χ2n) is 4.30. The van der Waals surface area contributed by atoms with Gasteiger partial charge in [-0.3, -0.25) is 9.59 Å². The average molecular weight is 276 g/mol. The van der Waals surface area contributed by atoms with Crippen LogP contribution in [0, 0.1) is 0 Å². The lowest BCUT2D eigenvalue weighted by molar-refractivity contribution is -0.792. The number of fused-ring (bicyclic) bond motifs is 1. The van der Waals surface area contributed by atoms with E-state index < -0.39 is 6.69 Å². The van der Waals surface area contributed by atoms with Crippen molar-refractivity contribution in [2.24, 2.45) is 0 Å². The van der Waals surface area contributed by atoms with Crippen LogP contribution in [0.2, 0.25) is 0 Å². The van der Waals surface area contributed by atoms with Crippen molar-refractivity contribution in [1.29, 1.82) is 0 Å². The molecule has 2 rings (SSSR count). The summed E-state index contributed by atoms with van der Waals surface area (Å²) in [6, 6.07) is 0. The zero-order valence-electron chi connectivity index (χ0n) is 8.53. The number of likely N-dealkylation sites (N-methyl/N-ethyl adjacent to an activating group) is 1. The van der Waals surface area contributed by atoms with E-state index in [1.807, 2.05) is 0 Å². The SMILES string of the molecule is C/C(=C\Br)[B-]12OC(=O)C[N+]1(C)CC(=O)O2. The molecule has 82 valence electrons. The Morgan fingerprint density at radius 2 is 1.87 bits per heavy atom. The molecule has 0 spiro atoms. The summed E-state index contributed by atoms with van der Waals surface area (Å²) in [6.45, 7) is 0.155. The van der Waals surface area contributed by atoms with Crippen LogP contribution >= 0.6 is 15.9 Å². The first kappa shape index (κ1) is 10.7. The molecule has 0 saturated carbocycles. The van der Waals surface area contributed by atoms with E-state index >= 15 is 0 Å². The summed E-state index contributed by atoms with van der Waals surface area (Å²) >= 11 is 3.18. The monoisotopic (exact) mass is 275 g/mol. The molecule has 2 aliphatic heterocycles. The van der Waals surface area contributed by atoms with Gasteiger partial charge >= 0.3 is 18.6 Å². The number of allylic oxidation sites excluding steroid dienone is 1. The summed E-state index contributed by atoms with van der Waals surface area (Å²) in [6.07, 6.45) is 0. The fraction of sp³-hybridized carbons (Fsp3) is 0.500. The molecule has 5 nitrogen and oxygen atoms in total. The van der Waals surface area contributed by atoms with E-state index in [1.165, 1.54) is 0 Å². The van der Waals surface area contributed by atoms with Gasteiger partial charge in [0.1, 0.15) is 13.1 Å². The molecule has 0 aromatic carbocycles. The second-order valence-corrected chi connectivity index (χ2v) is 4.76. The van der Waals surface area contributed by atoms with E-state index in [0.29, 0.717) is 0 Å². The van der Waals surface area contributed by atoms with Gasteiger partial charge in [-0.1, -0.05) is 28.3 Å². The molecule has 0 atom stereocenters. The van der Waals surface area contributed by atoms with Crippen LogP contribution in [0.3, 0.4) is 0 Å². The molecule has 0 bridgehead atoms. The summed E-state index contributed by atoms with van der Waals surface area (Å²) in [5.74, 6) is -0.641.